The van der Waals surface area contributed by atoms with Crippen LogP contribution in [-0.4, -0.2) is 28.0 Å². The van der Waals surface area contributed by atoms with E-state index in [4.69, 9.17) is 4.74 Å². The summed E-state index contributed by atoms with van der Waals surface area (Å²) in [5.41, 5.74) is 0.255. The molecule has 0 radical (unpaired) electrons. The lowest BCUT2D eigenvalue weighted by Crippen LogP contribution is -2.41. The Morgan fingerprint density at radius 3 is 2.23 bits per heavy atom. The molecule has 0 aromatic heterocycles. The standard InChI is InChI=1S/C25H25F3N2O4S/c1-17-7-13-23(14-8-17)35(32,33)30(21-6-4-5-20(15-21)25(26,27)28)16-24(31)29-18(2)19-9-11-22(34-3)12-10-19/h4-15,18H,16H2,1-3H3,(H,29,31). The highest BCUT2D eigenvalue weighted by molar-refractivity contribution is 7.92. The van der Waals surface area contributed by atoms with Crippen molar-refractivity contribution in [3.8, 4) is 5.75 Å². The van der Waals surface area contributed by atoms with Crippen molar-refractivity contribution >= 4 is 21.6 Å². The lowest BCUT2D eigenvalue weighted by molar-refractivity contribution is -0.137. The Kier molecular flexibility index (Phi) is 7.74. The molecular weight excluding hydrogens is 481 g/mol. The van der Waals surface area contributed by atoms with Crippen LogP contribution in [0.3, 0.4) is 0 Å². The summed E-state index contributed by atoms with van der Waals surface area (Å²) >= 11 is 0. The van der Waals surface area contributed by atoms with Crippen LogP contribution in [0.5, 0.6) is 5.75 Å². The van der Waals surface area contributed by atoms with E-state index in [2.05, 4.69) is 5.32 Å². The number of carbonyl (C=O) groups excluding carboxylic acids is 1. The van der Waals surface area contributed by atoms with Crippen molar-refractivity contribution in [1.29, 1.82) is 0 Å². The molecular formula is C25H25F3N2O4S. The second-order valence-corrected chi connectivity index (χ2v) is 9.80. The molecule has 0 saturated heterocycles. The fraction of sp³-hybridized carbons (Fsp3) is 0.240. The van der Waals surface area contributed by atoms with Crippen molar-refractivity contribution in [3.05, 3.63) is 89.5 Å². The Hall–Kier alpha value is -3.53. The van der Waals surface area contributed by atoms with Gasteiger partial charge >= 0.3 is 6.18 Å². The maximum absolute atomic E-state index is 13.4. The van der Waals surface area contributed by atoms with Gasteiger partial charge in [-0.15, -0.1) is 0 Å². The van der Waals surface area contributed by atoms with Crippen LogP contribution in [0.1, 0.15) is 29.7 Å². The summed E-state index contributed by atoms with van der Waals surface area (Å²) in [7, 11) is -2.82. The fourth-order valence-corrected chi connectivity index (χ4v) is 4.80. The van der Waals surface area contributed by atoms with Crippen LogP contribution in [0.25, 0.3) is 0 Å². The molecule has 186 valence electrons. The molecule has 1 N–H and O–H groups in total. The van der Waals surface area contributed by atoms with Gasteiger partial charge in [-0.25, -0.2) is 8.42 Å². The first-order chi connectivity index (χ1) is 16.4. The highest BCUT2D eigenvalue weighted by Gasteiger charge is 2.33. The molecule has 35 heavy (non-hydrogen) atoms. The summed E-state index contributed by atoms with van der Waals surface area (Å²) < 4.78 is 72.6. The van der Waals surface area contributed by atoms with Gasteiger partial charge in [0.25, 0.3) is 10.0 Å². The van der Waals surface area contributed by atoms with Crippen molar-refractivity contribution in [3.63, 3.8) is 0 Å². The number of benzene rings is 3. The highest BCUT2D eigenvalue weighted by atomic mass is 32.2. The van der Waals surface area contributed by atoms with Crippen LogP contribution in [0.2, 0.25) is 0 Å². The van der Waals surface area contributed by atoms with Gasteiger partial charge in [0, 0.05) is 0 Å². The number of halogens is 3. The molecule has 0 bridgehead atoms. The Labute approximate surface area is 202 Å². The van der Waals surface area contributed by atoms with Crippen LogP contribution in [-0.2, 0) is 21.0 Å². The number of aryl methyl sites for hydroxylation is 1. The molecule has 0 heterocycles. The molecule has 0 aliphatic rings. The first-order valence-corrected chi connectivity index (χ1v) is 12.1. The van der Waals surface area contributed by atoms with Crippen LogP contribution in [0.15, 0.2) is 77.7 Å². The Balaban J connectivity index is 1.93. The number of alkyl halides is 3. The molecule has 0 spiro atoms. The van der Waals surface area contributed by atoms with E-state index < -0.39 is 40.3 Å². The van der Waals surface area contributed by atoms with Gasteiger partial charge in [-0.1, -0.05) is 35.9 Å². The van der Waals surface area contributed by atoms with E-state index in [1.54, 1.807) is 50.2 Å². The van der Waals surface area contributed by atoms with E-state index in [-0.39, 0.29) is 10.6 Å². The van der Waals surface area contributed by atoms with E-state index in [1.807, 2.05) is 0 Å². The van der Waals surface area contributed by atoms with Gasteiger partial charge in [-0.3, -0.25) is 9.10 Å². The monoisotopic (exact) mass is 506 g/mol. The number of nitrogens with one attached hydrogen (secondary N) is 1. The molecule has 6 nitrogen and oxygen atoms in total. The zero-order valence-electron chi connectivity index (χ0n) is 19.3. The van der Waals surface area contributed by atoms with E-state index in [0.29, 0.717) is 16.1 Å². The Morgan fingerprint density at radius 2 is 1.66 bits per heavy atom. The molecule has 0 saturated carbocycles. The SMILES string of the molecule is COc1ccc(C(C)NC(=O)CN(c2cccc(C(F)(F)F)c2)S(=O)(=O)c2ccc(C)cc2)cc1. The minimum atomic E-state index is -4.68. The van der Waals surface area contributed by atoms with E-state index in [1.165, 1.54) is 25.3 Å². The molecule has 1 unspecified atom stereocenters. The fourth-order valence-electron chi connectivity index (χ4n) is 3.38. The summed E-state index contributed by atoms with van der Waals surface area (Å²) in [6, 6.07) is 16.2. The molecule has 0 fully saturated rings. The number of anilines is 1. The van der Waals surface area contributed by atoms with Crippen LogP contribution < -0.4 is 14.4 Å². The zero-order chi connectivity index (χ0) is 25.8. The van der Waals surface area contributed by atoms with Gasteiger partial charge in [-0.05, 0) is 61.9 Å². The van der Waals surface area contributed by atoms with Crippen LogP contribution in [0, 0.1) is 6.92 Å². The summed E-state index contributed by atoms with van der Waals surface area (Å²) in [5.74, 6) is -0.0476. The van der Waals surface area contributed by atoms with E-state index in [9.17, 15) is 26.4 Å². The zero-order valence-corrected chi connectivity index (χ0v) is 20.2. The smallest absolute Gasteiger partial charge is 0.416 e. The minimum absolute atomic E-state index is 0.142. The lowest BCUT2D eigenvalue weighted by atomic mass is 10.1. The van der Waals surface area contributed by atoms with Gasteiger partial charge in [0.15, 0.2) is 0 Å². The van der Waals surface area contributed by atoms with Crippen LogP contribution in [0.4, 0.5) is 18.9 Å². The number of rotatable bonds is 8. The van der Waals surface area contributed by atoms with Gasteiger partial charge < -0.3 is 10.1 Å². The average molecular weight is 507 g/mol. The average Bonchev–Trinajstić information content (AvgIpc) is 2.82. The second kappa shape index (κ2) is 10.4. The molecule has 0 aliphatic heterocycles. The number of carbonyl (C=O) groups is 1. The number of methoxy groups -OCH3 is 1. The minimum Gasteiger partial charge on any atom is -0.497 e. The van der Waals surface area contributed by atoms with E-state index in [0.717, 1.165) is 23.3 Å². The van der Waals surface area contributed by atoms with Crippen molar-refractivity contribution in [2.75, 3.05) is 18.0 Å². The molecule has 3 rings (SSSR count). The summed E-state index contributed by atoms with van der Waals surface area (Å²) in [5, 5.41) is 2.70. The first kappa shape index (κ1) is 26.1. The maximum Gasteiger partial charge on any atom is 0.416 e. The number of nitrogens with zero attached hydrogens (tertiary/aromatic N) is 1. The molecule has 10 heteroatoms. The normalized spacial score (nSPS) is 12.6. The quantitative estimate of drug-likeness (QED) is 0.462. The largest absolute Gasteiger partial charge is 0.497 e. The third-order valence-electron chi connectivity index (χ3n) is 5.35. The summed E-state index contributed by atoms with van der Waals surface area (Å²) in [6.07, 6.45) is -4.68. The number of hydrogen-bond donors (Lipinski definition) is 1. The van der Waals surface area contributed by atoms with Crippen molar-refractivity contribution < 1.29 is 31.1 Å². The molecule has 3 aromatic rings. The van der Waals surface area contributed by atoms with Gasteiger partial charge in [0.05, 0.1) is 29.3 Å². The summed E-state index contributed by atoms with van der Waals surface area (Å²) in [4.78, 5) is 12.7. The van der Waals surface area contributed by atoms with Crippen molar-refractivity contribution in [2.24, 2.45) is 0 Å². The van der Waals surface area contributed by atoms with Gasteiger partial charge in [0.2, 0.25) is 5.91 Å². The molecule has 3 aromatic carbocycles. The van der Waals surface area contributed by atoms with E-state index >= 15 is 0 Å². The third-order valence-corrected chi connectivity index (χ3v) is 7.14. The predicted octanol–water partition coefficient (Wildman–Crippen LogP) is 5.10. The highest BCUT2D eigenvalue weighted by Crippen LogP contribution is 2.33. The number of ether oxygens (including phenoxy) is 1. The Bertz CT molecular complexity index is 1280. The lowest BCUT2D eigenvalue weighted by Gasteiger charge is -2.26. The number of amides is 1. The first-order valence-electron chi connectivity index (χ1n) is 10.6. The number of sulfonamides is 1. The van der Waals surface area contributed by atoms with Crippen molar-refractivity contribution in [2.45, 2.75) is 31.0 Å². The summed E-state index contributed by atoms with van der Waals surface area (Å²) in [6.45, 7) is 2.77. The third kappa shape index (κ3) is 6.33. The maximum atomic E-state index is 13.4. The molecule has 0 aliphatic carbocycles. The topological polar surface area (TPSA) is 75.7 Å². The molecule has 1 atom stereocenters. The predicted molar refractivity (Wildman–Crippen MR) is 127 cm³/mol. The van der Waals surface area contributed by atoms with Gasteiger partial charge in [0.1, 0.15) is 12.3 Å². The Morgan fingerprint density at radius 1 is 1.03 bits per heavy atom. The second-order valence-electron chi connectivity index (χ2n) is 7.94. The molecule has 1 amide bonds. The van der Waals surface area contributed by atoms with Gasteiger partial charge in [-0.2, -0.15) is 13.2 Å². The van der Waals surface area contributed by atoms with Crippen LogP contribution >= 0.6 is 0 Å². The van der Waals surface area contributed by atoms with Crippen molar-refractivity contribution in [1.82, 2.24) is 5.32 Å². The number of hydrogen-bond acceptors (Lipinski definition) is 4.